The van der Waals surface area contributed by atoms with Gasteiger partial charge in [0.25, 0.3) is 0 Å². The molecule has 5 heteroatoms. The molecule has 1 aromatic rings. The average molecular weight is 348 g/mol. The molecule has 0 amide bonds. The van der Waals surface area contributed by atoms with Crippen LogP contribution in [-0.4, -0.2) is 22.8 Å². The van der Waals surface area contributed by atoms with Crippen LogP contribution >= 0.6 is 15.9 Å². The Morgan fingerprint density at radius 1 is 1.30 bits per heavy atom. The van der Waals surface area contributed by atoms with E-state index in [1.54, 1.807) is 6.20 Å². The van der Waals surface area contributed by atoms with Crippen molar-refractivity contribution in [2.24, 2.45) is 5.92 Å². The number of nitrogens with zero attached hydrogens (tertiary/aromatic N) is 1. The molecule has 0 atom stereocenters. The fourth-order valence-electron chi connectivity index (χ4n) is 2.77. The topological polar surface area (TPSA) is 22.1 Å². The molecule has 0 saturated heterocycles. The zero-order valence-electron chi connectivity index (χ0n) is 11.6. The maximum absolute atomic E-state index is 13.3. The van der Waals surface area contributed by atoms with E-state index in [0.717, 1.165) is 36.5 Å². The Bertz CT molecular complexity index is 411. The quantitative estimate of drug-likeness (QED) is 0.714. The predicted molar refractivity (Wildman–Crippen MR) is 78.8 cm³/mol. The highest BCUT2D eigenvalue weighted by Gasteiger charge is 2.37. The summed E-state index contributed by atoms with van der Waals surface area (Å²) < 4.78 is 32.0. The summed E-state index contributed by atoms with van der Waals surface area (Å²) in [4.78, 5) is 4.41. The third-order valence-corrected chi connectivity index (χ3v) is 4.29. The molecule has 0 aromatic carbocycles. The van der Waals surface area contributed by atoms with Crippen molar-refractivity contribution in [3.63, 3.8) is 0 Å². The summed E-state index contributed by atoms with van der Waals surface area (Å²) in [5.74, 6) is -1.97. The summed E-state index contributed by atoms with van der Waals surface area (Å²) in [5.41, 5.74) is 0.995. The Hall–Kier alpha value is -0.710. The van der Waals surface area contributed by atoms with Gasteiger partial charge in [0.05, 0.1) is 12.8 Å². The third-order valence-electron chi connectivity index (χ3n) is 3.97. The molecule has 0 spiro atoms. The molecule has 2 rings (SSSR count). The normalized spacial score (nSPS) is 23.6. The van der Waals surface area contributed by atoms with Crippen molar-refractivity contribution in [1.82, 2.24) is 4.98 Å². The first-order chi connectivity index (χ1) is 9.50. The molecule has 0 bridgehead atoms. The fourth-order valence-corrected chi connectivity index (χ4v) is 2.93. The van der Waals surface area contributed by atoms with Crippen LogP contribution < -0.4 is 4.74 Å². The van der Waals surface area contributed by atoms with Gasteiger partial charge in [0.1, 0.15) is 5.75 Å². The number of halogens is 3. The number of alkyl halides is 3. The van der Waals surface area contributed by atoms with Crippen LogP contribution in [0.25, 0.3) is 0 Å². The SMILES string of the molecule is CC(F)(F)C1CCC(c2ccc(OCCBr)cn2)CC1. The van der Waals surface area contributed by atoms with Crippen LogP contribution in [0.3, 0.4) is 0 Å². The minimum atomic E-state index is -2.55. The average Bonchev–Trinajstić information content (AvgIpc) is 2.45. The van der Waals surface area contributed by atoms with Gasteiger partial charge in [-0.2, -0.15) is 0 Å². The molecule has 0 unspecified atom stereocenters. The monoisotopic (exact) mass is 347 g/mol. The van der Waals surface area contributed by atoms with Gasteiger partial charge in [0, 0.05) is 22.9 Å². The largest absolute Gasteiger partial charge is 0.491 e. The number of ether oxygens (including phenoxy) is 1. The molecular weight excluding hydrogens is 328 g/mol. The van der Waals surface area contributed by atoms with Crippen molar-refractivity contribution in [2.75, 3.05) is 11.9 Å². The molecule has 20 heavy (non-hydrogen) atoms. The van der Waals surface area contributed by atoms with Gasteiger partial charge in [-0.1, -0.05) is 15.9 Å². The van der Waals surface area contributed by atoms with E-state index in [1.165, 1.54) is 0 Å². The van der Waals surface area contributed by atoms with Crippen LogP contribution in [-0.2, 0) is 0 Å². The molecule has 2 nitrogen and oxygen atoms in total. The predicted octanol–water partition coefficient (Wildman–Crippen LogP) is 4.78. The Morgan fingerprint density at radius 3 is 2.50 bits per heavy atom. The Morgan fingerprint density at radius 2 is 2.00 bits per heavy atom. The van der Waals surface area contributed by atoms with Crippen LogP contribution in [0.4, 0.5) is 8.78 Å². The number of hydrogen-bond donors (Lipinski definition) is 0. The second-order valence-corrected chi connectivity index (χ2v) is 6.25. The summed E-state index contributed by atoms with van der Waals surface area (Å²) in [7, 11) is 0. The molecule has 1 aliphatic rings. The van der Waals surface area contributed by atoms with E-state index >= 15 is 0 Å². The lowest BCUT2D eigenvalue weighted by atomic mass is 9.78. The van der Waals surface area contributed by atoms with Crippen molar-refractivity contribution in [2.45, 2.75) is 44.4 Å². The molecular formula is C15H20BrF2NO. The minimum absolute atomic E-state index is 0.304. The third kappa shape index (κ3) is 4.14. The lowest BCUT2D eigenvalue weighted by Gasteiger charge is -2.31. The van der Waals surface area contributed by atoms with E-state index in [4.69, 9.17) is 4.74 Å². The van der Waals surface area contributed by atoms with Gasteiger partial charge in [-0.3, -0.25) is 4.98 Å². The van der Waals surface area contributed by atoms with Crippen molar-refractivity contribution < 1.29 is 13.5 Å². The van der Waals surface area contributed by atoms with E-state index in [-0.39, 0.29) is 0 Å². The zero-order valence-corrected chi connectivity index (χ0v) is 13.2. The molecule has 0 radical (unpaired) electrons. The molecule has 112 valence electrons. The van der Waals surface area contributed by atoms with Gasteiger partial charge in [-0.25, -0.2) is 8.78 Å². The van der Waals surface area contributed by atoms with Gasteiger partial charge < -0.3 is 4.74 Å². The number of hydrogen-bond acceptors (Lipinski definition) is 2. The Balaban J connectivity index is 1.90. The van der Waals surface area contributed by atoms with Crippen LogP contribution in [0.15, 0.2) is 18.3 Å². The summed E-state index contributed by atoms with van der Waals surface area (Å²) in [6, 6.07) is 3.87. The summed E-state index contributed by atoms with van der Waals surface area (Å²) >= 11 is 3.30. The summed E-state index contributed by atoms with van der Waals surface area (Å²) in [6.45, 7) is 1.64. The second kappa shape index (κ2) is 6.83. The lowest BCUT2D eigenvalue weighted by Crippen LogP contribution is -2.28. The summed E-state index contributed by atoms with van der Waals surface area (Å²) in [5, 5.41) is 0.782. The Labute approximate surface area is 127 Å². The first kappa shape index (κ1) is 15.7. The smallest absolute Gasteiger partial charge is 0.248 e. The van der Waals surface area contributed by atoms with Gasteiger partial charge in [0.2, 0.25) is 5.92 Å². The first-order valence-corrected chi connectivity index (χ1v) is 8.15. The maximum Gasteiger partial charge on any atom is 0.248 e. The molecule has 1 saturated carbocycles. The van der Waals surface area contributed by atoms with Crippen molar-refractivity contribution in [3.8, 4) is 5.75 Å². The van der Waals surface area contributed by atoms with E-state index in [9.17, 15) is 8.78 Å². The van der Waals surface area contributed by atoms with Crippen molar-refractivity contribution >= 4 is 15.9 Å². The molecule has 1 aromatic heterocycles. The van der Waals surface area contributed by atoms with Gasteiger partial charge in [0.15, 0.2) is 0 Å². The van der Waals surface area contributed by atoms with Crippen molar-refractivity contribution in [3.05, 3.63) is 24.0 Å². The fraction of sp³-hybridized carbons (Fsp3) is 0.667. The van der Waals surface area contributed by atoms with Crippen molar-refractivity contribution in [1.29, 1.82) is 0 Å². The highest BCUT2D eigenvalue weighted by atomic mass is 79.9. The van der Waals surface area contributed by atoms with Gasteiger partial charge in [-0.05, 0) is 44.7 Å². The number of rotatable bonds is 5. The lowest BCUT2D eigenvalue weighted by molar-refractivity contribution is -0.0547. The zero-order chi connectivity index (χ0) is 14.6. The van der Waals surface area contributed by atoms with Crippen LogP contribution in [0.2, 0.25) is 0 Å². The van der Waals surface area contributed by atoms with Gasteiger partial charge >= 0.3 is 0 Å². The molecule has 0 N–H and O–H groups in total. The van der Waals surface area contributed by atoms with Crippen LogP contribution in [0.1, 0.15) is 44.2 Å². The molecule has 1 heterocycles. The summed E-state index contributed by atoms with van der Waals surface area (Å²) in [6.07, 6.45) is 4.47. The number of aromatic nitrogens is 1. The maximum atomic E-state index is 13.3. The molecule has 0 aliphatic heterocycles. The minimum Gasteiger partial charge on any atom is -0.491 e. The second-order valence-electron chi connectivity index (χ2n) is 5.46. The van der Waals surface area contributed by atoms with Crippen LogP contribution in [0.5, 0.6) is 5.75 Å². The Kier molecular flexibility index (Phi) is 5.35. The highest BCUT2D eigenvalue weighted by molar-refractivity contribution is 9.09. The standard InChI is InChI=1S/C15H20BrF2NO/c1-15(17,18)12-4-2-11(3-5-12)14-7-6-13(10-19-14)20-9-8-16/h6-7,10-12H,2-5,8-9H2,1H3. The highest BCUT2D eigenvalue weighted by Crippen LogP contribution is 2.41. The molecule has 1 fully saturated rings. The first-order valence-electron chi connectivity index (χ1n) is 7.03. The van der Waals surface area contributed by atoms with E-state index < -0.39 is 11.8 Å². The molecule has 1 aliphatic carbocycles. The number of pyridine rings is 1. The van der Waals surface area contributed by atoms with E-state index in [0.29, 0.717) is 25.4 Å². The van der Waals surface area contributed by atoms with Gasteiger partial charge in [-0.15, -0.1) is 0 Å². The van der Waals surface area contributed by atoms with E-state index in [1.807, 2.05) is 12.1 Å². The van der Waals surface area contributed by atoms with Crippen LogP contribution in [0, 0.1) is 5.92 Å². The van der Waals surface area contributed by atoms with E-state index in [2.05, 4.69) is 20.9 Å².